The van der Waals surface area contributed by atoms with E-state index in [-0.39, 0.29) is 0 Å². The van der Waals surface area contributed by atoms with Gasteiger partial charge in [0.05, 0.1) is 0 Å². The molecule has 3 aliphatic rings. The molecular formula is C19H21N7. The highest BCUT2D eigenvalue weighted by Gasteiger charge is 2.55. The van der Waals surface area contributed by atoms with Crippen LogP contribution in [0.1, 0.15) is 12.2 Å². The molecule has 5 heterocycles. The van der Waals surface area contributed by atoms with E-state index in [0.717, 1.165) is 31.2 Å². The second-order valence-corrected chi connectivity index (χ2v) is 6.97. The minimum atomic E-state index is -0.675. The highest BCUT2D eigenvalue weighted by atomic mass is 15.5. The SMILES string of the molecule is CN1C=CC=NC1(c1ncccn1)N1C[C@H]2C[C@H]1CN2c1ccccn1. The van der Waals surface area contributed by atoms with Crippen LogP contribution in [0.2, 0.25) is 0 Å². The quantitative estimate of drug-likeness (QED) is 0.838. The van der Waals surface area contributed by atoms with Crippen LogP contribution in [-0.2, 0) is 5.79 Å². The fourth-order valence-electron chi connectivity index (χ4n) is 4.46. The lowest BCUT2D eigenvalue weighted by Gasteiger charge is -2.48. The molecule has 26 heavy (non-hydrogen) atoms. The lowest BCUT2D eigenvalue weighted by atomic mass is 10.1. The molecule has 0 amide bonds. The number of anilines is 1. The van der Waals surface area contributed by atoms with Gasteiger partial charge in [0, 0.05) is 63.2 Å². The Labute approximate surface area is 152 Å². The normalized spacial score (nSPS) is 30.3. The van der Waals surface area contributed by atoms with Crippen LogP contribution >= 0.6 is 0 Å². The standard InChI is InChI=1S/C19H21N7/c1-24-11-5-10-23-19(24,18-21-8-4-9-22-18)26-14-15-12-16(26)13-25(15)17-6-2-3-7-20-17/h2-11,15-16H,12-14H2,1H3/t15-,16+,19?/m1/s1. The summed E-state index contributed by atoms with van der Waals surface area (Å²) in [5.41, 5.74) is 0. The first kappa shape index (κ1) is 15.5. The molecule has 7 heteroatoms. The Morgan fingerprint density at radius 3 is 2.54 bits per heavy atom. The number of fused-ring (bicyclic) bond motifs is 2. The summed E-state index contributed by atoms with van der Waals surface area (Å²) < 4.78 is 0. The monoisotopic (exact) mass is 347 g/mol. The van der Waals surface area contributed by atoms with Crippen molar-refractivity contribution in [2.24, 2.45) is 4.99 Å². The van der Waals surface area contributed by atoms with Gasteiger partial charge in [-0.25, -0.2) is 24.8 Å². The molecular weight excluding hydrogens is 326 g/mol. The van der Waals surface area contributed by atoms with Crippen molar-refractivity contribution >= 4 is 12.0 Å². The average Bonchev–Trinajstić information content (AvgIpc) is 3.31. The molecule has 0 aromatic carbocycles. The number of hydrogen-bond acceptors (Lipinski definition) is 7. The number of pyridine rings is 1. The van der Waals surface area contributed by atoms with Crippen LogP contribution in [0.25, 0.3) is 0 Å². The van der Waals surface area contributed by atoms with Gasteiger partial charge in [0.1, 0.15) is 5.82 Å². The number of piperazine rings is 1. The molecule has 2 aromatic heterocycles. The van der Waals surface area contributed by atoms with Crippen molar-refractivity contribution in [3.63, 3.8) is 0 Å². The molecule has 0 aliphatic carbocycles. The fourth-order valence-corrected chi connectivity index (χ4v) is 4.46. The molecule has 3 atom stereocenters. The Kier molecular flexibility index (Phi) is 3.49. The van der Waals surface area contributed by atoms with Crippen LogP contribution in [0.4, 0.5) is 5.82 Å². The van der Waals surface area contributed by atoms with E-state index in [2.05, 4.69) is 41.8 Å². The third-order valence-electron chi connectivity index (χ3n) is 5.59. The Hall–Kier alpha value is -2.80. The first-order valence-corrected chi connectivity index (χ1v) is 8.96. The van der Waals surface area contributed by atoms with E-state index >= 15 is 0 Å². The lowest BCUT2D eigenvalue weighted by Crippen LogP contribution is -2.61. The van der Waals surface area contributed by atoms with Crippen molar-refractivity contribution in [3.05, 3.63) is 61.0 Å². The van der Waals surface area contributed by atoms with Gasteiger partial charge in [-0.2, -0.15) is 0 Å². The van der Waals surface area contributed by atoms with Gasteiger partial charge >= 0.3 is 0 Å². The first-order valence-electron chi connectivity index (χ1n) is 8.96. The number of hydrogen-bond donors (Lipinski definition) is 0. The molecule has 5 rings (SSSR count). The number of rotatable bonds is 3. The Balaban J connectivity index is 1.49. The average molecular weight is 347 g/mol. The smallest absolute Gasteiger partial charge is 0.251 e. The first-order chi connectivity index (χ1) is 12.8. The van der Waals surface area contributed by atoms with Crippen LogP contribution in [-0.4, -0.2) is 63.2 Å². The van der Waals surface area contributed by atoms with Gasteiger partial charge in [0.15, 0.2) is 5.82 Å². The topological polar surface area (TPSA) is 60.8 Å². The predicted octanol–water partition coefficient (Wildman–Crippen LogP) is 1.47. The molecule has 2 saturated heterocycles. The molecule has 0 N–H and O–H groups in total. The summed E-state index contributed by atoms with van der Waals surface area (Å²) in [5, 5.41) is 0. The third kappa shape index (κ3) is 2.17. The number of aromatic nitrogens is 3. The van der Waals surface area contributed by atoms with E-state index in [1.807, 2.05) is 43.9 Å². The fraction of sp³-hybridized carbons (Fsp3) is 0.368. The van der Waals surface area contributed by atoms with Gasteiger partial charge < -0.3 is 9.80 Å². The number of aliphatic imine (C=N–C) groups is 1. The van der Waals surface area contributed by atoms with E-state index in [0.29, 0.717) is 12.1 Å². The predicted molar refractivity (Wildman–Crippen MR) is 99.6 cm³/mol. The molecule has 0 spiro atoms. The summed E-state index contributed by atoms with van der Waals surface area (Å²) in [6, 6.07) is 8.77. The van der Waals surface area contributed by atoms with Crippen molar-refractivity contribution in [1.82, 2.24) is 24.8 Å². The number of nitrogens with zero attached hydrogens (tertiary/aromatic N) is 7. The number of allylic oxidation sites excluding steroid dienone is 1. The van der Waals surface area contributed by atoms with Gasteiger partial charge in [-0.05, 0) is 30.7 Å². The van der Waals surface area contributed by atoms with E-state index in [1.54, 1.807) is 12.4 Å². The lowest BCUT2D eigenvalue weighted by molar-refractivity contribution is -0.0389. The van der Waals surface area contributed by atoms with Crippen molar-refractivity contribution in [3.8, 4) is 0 Å². The van der Waals surface area contributed by atoms with E-state index in [1.165, 1.54) is 0 Å². The zero-order chi connectivity index (χ0) is 17.6. The molecule has 2 fully saturated rings. The largest absolute Gasteiger partial charge is 0.351 e. The Morgan fingerprint density at radius 2 is 1.85 bits per heavy atom. The zero-order valence-corrected chi connectivity index (χ0v) is 14.7. The second kappa shape index (κ2) is 5.88. The summed E-state index contributed by atoms with van der Waals surface area (Å²) in [5.74, 6) is 1.11. The second-order valence-electron chi connectivity index (χ2n) is 6.97. The van der Waals surface area contributed by atoms with Crippen LogP contribution in [0.5, 0.6) is 0 Å². The van der Waals surface area contributed by atoms with Crippen LogP contribution in [0.15, 0.2) is 60.1 Å². The van der Waals surface area contributed by atoms with Crippen molar-refractivity contribution in [2.75, 3.05) is 25.0 Å². The maximum Gasteiger partial charge on any atom is 0.251 e. The maximum atomic E-state index is 4.89. The summed E-state index contributed by atoms with van der Waals surface area (Å²) in [4.78, 5) is 25.5. The van der Waals surface area contributed by atoms with Gasteiger partial charge in [-0.3, -0.25) is 0 Å². The van der Waals surface area contributed by atoms with Gasteiger partial charge in [-0.15, -0.1) is 0 Å². The molecule has 2 bridgehead atoms. The minimum absolute atomic E-state index is 0.386. The van der Waals surface area contributed by atoms with Crippen molar-refractivity contribution in [2.45, 2.75) is 24.3 Å². The summed E-state index contributed by atoms with van der Waals surface area (Å²) in [6.45, 7) is 1.86. The molecule has 0 radical (unpaired) electrons. The van der Waals surface area contributed by atoms with Crippen LogP contribution in [0.3, 0.4) is 0 Å². The minimum Gasteiger partial charge on any atom is -0.351 e. The van der Waals surface area contributed by atoms with Gasteiger partial charge in [-0.1, -0.05) is 6.07 Å². The van der Waals surface area contributed by atoms with Gasteiger partial charge in [0.2, 0.25) is 0 Å². The molecule has 0 saturated carbocycles. The number of likely N-dealkylation sites (tertiary alicyclic amines) is 1. The maximum absolute atomic E-state index is 4.89. The molecule has 3 aliphatic heterocycles. The molecule has 7 nitrogen and oxygen atoms in total. The van der Waals surface area contributed by atoms with E-state index < -0.39 is 5.79 Å². The summed E-state index contributed by atoms with van der Waals surface area (Å²) >= 11 is 0. The van der Waals surface area contributed by atoms with Crippen molar-refractivity contribution in [1.29, 1.82) is 0 Å². The summed E-state index contributed by atoms with van der Waals surface area (Å²) in [6.07, 6.45) is 12.4. The Bertz CT molecular complexity index is 837. The molecule has 2 aromatic rings. The van der Waals surface area contributed by atoms with E-state index in [9.17, 15) is 0 Å². The van der Waals surface area contributed by atoms with Crippen LogP contribution in [0, 0.1) is 0 Å². The highest BCUT2D eigenvalue weighted by molar-refractivity contribution is 5.72. The zero-order valence-electron chi connectivity index (χ0n) is 14.7. The van der Waals surface area contributed by atoms with Crippen molar-refractivity contribution < 1.29 is 0 Å². The Morgan fingerprint density at radius 1 is 1.00 bits per heavy atom. The molecule has 1 unspecified atom stereocenters. The summed E-state index contributed by atoms with van der Waals surface area (Å²) in [7, 11) is 2.05. The van der Waals surface area contributed by atoms with Gasteiger partial charge in [0.25, 0.3) is 5.79 Å². The molecule has 132 valence electrons. The van der Waals surface area contributed by atoms with E-state index in [4.69, 9.17) is 4.99 Å². The highest BCUT2D eigenvalue weighted by Crippen LogP contribution is 2.43. The third-order valence-corrected chi connectivity index (χ3v) is 5.59. The van der Waals surface area contributed by atoms with Crippen LogP contribution < -0.4 is 4.90 Å².